The van der Waals surface area contributed by atoms with Crippen LogP contribution in [0.25, 0.3) is 0 Å². The Labute approximate surface area is 156 Å². The molecule has 0 radical (unpaired) electrons. The summed E-state index contributed by atoms with van der Waals surface area (Å²) in [6, 6.07) is 13.1. The van der Waals surface area contributed by atoms with Gasteiger partial charge in [-0.3, -0.25) is 9.59 Å². The van der Waals surface area contributed by atoms with Crippen LogP contribution in [-0.2, 0) is 4.79 Å². The Balaban J connectivity index is 1.64. The number of nitrogens with zero attached hydrogens (tertiary/aromatic N) is 2. The van der Waals surface area contributed by atoms with E-state index in [1.54, 1.807) is 12.1 Å². The highest BCUT2D eigenvalue weighted by atomic mass is 32.1. The second-order valence-electron chi connectivity index (χ2n) is 6.18. The average Bonchev–Trinajstić information content (AvgIpc) is 3.17. The van der Waals surface area contributed by atoms with E-state index in [4.69, 9.17) is 5.26 Å². The number of nitriles is 1. The molecule has 6 heteroatoms. The van der Waals surface area contributed by atoms with E-state index in [0.29, 0.717) is 27.9 Å². The van der Waals surface area contributed by atoms with E-state index in [9.17, 15) is 9.59 Å². The molecule has 1 unspecified atom stereocenters. The largest absolute Gasteiger partial charge is 0.339 e. The van der Waals surface area contributed by atoms with Gasteiger partial charge in [0.05, 0.1) is 4.88 Å². The molecule has 1 aromatic heterocycles. The summed E-state index contributed by atoms with van der Waals surface area (Å²) in [4.78, 5) is 26.9. The summed E-state index contributed by atoms with van der Waals surface area (Å²) < 4.78 is 0. The summed E-state index contributed by atoms with van der Waals surface area (Å²) in [5.41, 5.74) is 1.87. The lowest BCUT2D eigenvalue weighted by Crippen LogP contribution is -2.38. The third kappa shape index (κ3) is 4.01. The number of hydrogen-bond acceptors (Lipinski definition) is 4. The number of hydrogen-bond donors (Lipinski definition) is 1. The Morgan fingerprint density at radius 2 is 2.04 bits per heavy atom. The van der Waals surface area contributed by atoms with E-state index >= 15 is 0 Å². The monoisotopic (exact) mass is 365 g/mol. The summed E-state index contributed by atoms with van der Waals surface area (Å²) in [5, 5.41) is 11.7. The van der Waals surface area contributed by atoms with Gasteiger partial charge in [-0.05, 0) is 48.7 Å². The van der Waals surface area contributed by atoms with Gasteiger partial charge in [-0.25, -0.2) is 0 Å². The number of benzene rings is 1. The van der Waals surface area contributed by atoms with Crippen LogP contribution < -0.4 is 5.32 Å². The Morgan fingerprint density at radius 3 is 2.69 bits per heavy atom. The highest BCUT2D eigenvalue weighted by Crippen LogP contribution is 2.28. The second-order valence-corrected chi connectivity index (χ2v) is 7.26. The van der Waals surface area contributed by atoms with Crippen molar-refractivity contribution < 1.29 is 9.59 Å². The van der Waals surface area contributed by atoms with Crippen LogP contribution >= 0.6 is 11.3 Å². The third-order valence-electron chi connectivity index (χ3n) is 4.49. The van der Waals surface area contributed by atoms with Crippen molar-refractivity contribution in [1.82, 2.24) is 4.90 Å². The van der Waals surface area contributed by atoms with Crippen LogP contribution in [0.15, 0.2) is 49.1 Å². The SMILES string of the molecule is C=CC(=O)N1CCCC(c2ccc(NC(=O)c3ccc(C#N)s3)cc2)C1. The molecule has 2 amide bonds. The van der Waals surface area contributed by atoms with Gasteiger partial charge in [-0.15, -0.1) is 11.3 Å². The van der Waals surface area contributed by atoms with Crippen LogP contribution in [0.1, 0.15) is 38.9 Å². The van der Waals surface area contributed by atoms with Crippen LogP contribution in [0.4, 0.5) is 5.69 Å². The number of thiophene rings is 1. The molecule has 1 aliphatic rings. The zero-order valence-corrected chi connectivity index (χ0v) is 15.1. The molecule has 5 nitrogen and oxygen atoms in total. The van der Waals surface area contributed by atoms with Crippen molar-refractivity contribution in [2.45, 2.75) is 18.8 Å². The highest BCUT2D eigenvalue weighted by molar-refractivity contribution is 7.14. The van der Waals surface area contributed by atoms with Gasteiger partial charge in [0, 0.05) is 24.7 Å². The summed E-state index contributed by atoms with van der Waals surface area (Å²) in [5.74, 6) is 0.0591. The predicted molar refractivity (Wildman–Crippen MR) is 102 cm³/mol. The maximum absolute atomic E-state index is 12.2. The molecule has 0 aliphatic carbocycles. The second kappa shape index (κ2) is 7.98. The molecule has 0 spiro atoms. The normalized spacial score (nSPS) is 16.6. The number of rotatable bonds is 4. The molecule has 0 bridgehead atoms. The lowest BCUT2D eigenvalue weighted by Gasteiger charge is -2.32. The number of carbonyl (C=O) groups is 2. The fourth-order valence-corrected chi connectivity index (χ4v) is 3.83. The maximum atomic E-state index is 12.2. The molecule has 3 rings (SSSR count). The lowest BCUT2D eigenvalue weighted by molar-refractivity contribution is -0.127. The summed E-state index contributed by atoms with van der Waals surface area (Å²) in [6.45, 7) is 5.03. The fraction of sp³-hybridized carbons (Fsp3) is 0.250. The standard InChI is InChI=1S/C20H19N3O2S/c1-2-19(24)23-11-3-4-15(13-23)14-5-7-16(8-6-14)22-20(25)18-10-9-17(12-21)26-18/h2,5-10,15H,1,3-4,11,13H2,(H,22,25). The van der Waals surface area contributed by atoms with Crippen LogP contribution in [0.5, 0.6) is 0 Å². The van der Waals surface area contributed by atoms with Crippen molar-refractivity contribution in [2.24, 2.45) is 0 Å². The summed E-state index contributed by atoms with van der Waals surface area (Å²) in [7, 11) is 0. The summed E-state index contributed by atoms with van der Waals surface area (Å²) >= 11 is 1.17. The first kappa shape index (κ1) is 17.9. The van der Waals surface area contributed by atoms with Crippen molar-refractivity contribution in [1.29, 1.82) is 5.26 Å². The zero-order chi connectivity index (χ0) is 18.5. The average molecular weight is 365 g/mol. The lowest BCUT2D eigenvalue weighted by atomic mass is 9.90. The van der Waals surface area contributed by atoms with E-state index in [1.165, 1.54) is 17.4 Å². The van der Waals surface area contributed by atoms with Crippen LogP contribution in [-0.4, -0.2) is 29.8 Å². The van der Waals surface area contributed by atoms with E-state index in [2.05, 4.69) is 11.9 Å². The molecule has 1 aromatic carbocycles. The first-order valence-corrected chi connectivity index (χ1v) is 9.25. The van der Waals surface area contributed by atoms with Gasteiger partial charge in [0.2, 0.25) is 5.91 Å². The van der Waals surface area contributed by atoms with Crippen molar-refractivity contribution in [2.75, 3.05) is 18.4 Å². The number of anilines is 1. The zero-order valence-electron chi connectivity index (χ0n) is 14.3. The van der Waals surface area contributed by atoms with Crippen molar-refractivity contribution in [3.63, 3.8) is 0 Å². The predicted octanol–water partition coefficient (Wildman–Crippen LogP) is 3.76. The molecule has 1 N–H and O–H groups in total. The van der Waals surface area contributed by atoms with Gasteiger partial charge < -0.3 is 10.2 Å². The van der Waals surface area contributed by atoms with Gasteiger partial charge in [-0.2, -0.15) is 5.26 Å². The van der Waals surface area contributed by atoms with Crippen molar-refractivity contribution >= 4 is 28.8 Å². The smallest absolute Gasteiger partial charge is 0.265 e. The third-order valence-corrected chi connectivity index (χ3v) is 5.48. The number of carbonyl (C=O) groups excluding carboxylic acids is 2. The first-order valence-electron chi connectivity index (χ1n) is 8.43. The fourth-order valence-electron chi connectivity index (χ4n) is 3.13. The molecular weight excluding hydrogens is 346 g/mol. The molecule has 1 fully saturated rings. The van der Waals surface area contributed by atoms with Gasteiger partial charge in [0.25, 0.3) is 5.91 Å². The van der Waals surface area contributed by atoms with Gasteiger partial charge in [-0.1, -0.05) is 18.7 Å². The molecular formula is C20H19N3O2S. The highest BCUT2D eigenvalue weighted by Gasteiger charge is 2.23. The molecule has 26 heavy (non-hydrogen) atoms. The molecule has 1 aliphatic heterocycles. The number of likely N-dealkylation sites (tertiary alicyclic amines) is 1. The van der Waals surface area contributed by atoms with Crippen LogP contribution in [0.3, 0.4) is 0 Å². The van der Waals surface area contributed by atoms with Gasteiger partial charge in [0.1, 0.15) is 10.9 Å². The Bertz CT molecular complexity index is 864. The van der Waals surface area contributed by atoms with E-state index in [1.807, 2.05) is 35.2 Å². The van der Waals surface area contributed by atoms with E-state index in [0.717, 1.165) is 24.9 Å². The Hall–Kier alpha value is -2.91. The minimum absolute atomic E-state index is 0.0220. The molecule has 0 saturated carbocycles. The minimum Gasteiger partial charge on any atom is -0.339 e. The number of nitrogens with one attached hydrogen (secondary N) is 1. The number of piperidine rings is 1. The van der Waals surface area contributed by atoms with E-state index < -0.39 is 0 Å². The Kier molecular flexibility index (Phi) is 5.49. The molecule has 132 valence electrons. The first-order chi connectivity index (χ1) is 12.6. The van der Waals surface area contributed by atoms with Crippen LogP contribution in [0.2, 0.25) is 0 Å². The molecule has 2 aromatic rings. The minimum atomic E-state index is -0.218. The maximum Gasteiger partial charge on any atom is 0.265 e. The topological polar surface area (TPSA) is 73.2 Å². The van der Waals surface area contributed by atoms with Crippen LogP contribution in [0, 0.1) is 11.3 Å². The number of amides is 2. The van der Waals surface area contributed by atoms with Crippen molar-refractivity contribution in [3.05, 3.63) is 64.4 Å². The van der Waals surface area contributed by atoms with Gasteiger partial charge >= 0.3 is 0 Å². The van der Waals surface area contributed by atoms with Crippen molar-refractivity contribution in [3.8, 4) is 6.07 Å². The molecule has 1 atom stereocenters. The van der Waals surface area contributed by atoms with Gasteiger partial charge in [0.15, 0.2) is 0 Å². The Morgan fingerprint density at radius 1 is 1.27 bits per heavy atom. The summed E-state index contributed by atoms with van der Waals surface area (Å²) in [6.07, 6.45) is 3.38. The van der Waals surface area contributed by atoms with E-state index in [-0.39, 0.29) is 11.8 Å². The molecule has 2 heterocycles. The quantitative estimate of drug-likeness (QED) is 0.839. The molecule has 1 saturated heterocycles.